The van der Waals surface area contributed by atoms with Gasteiger partial charge >= 0.3 is 0 Å². The molecular formula is C23H15ClFN3O. The van der Waals surface area contributed by atoms with Crippen LogP contribution in [0.1, 0.15) is 27.7 Å². The van der Waals surface area contributed by atoms with Gasteiger partial charge in [0.05, 0.1) is 11.7 Å². The zero-order valence-electron chi connectivity index (χ0n) is 15.1. The molecule has 1 atom stereocenters. The van der Waals surface area contributed by atoms with Crippen molar-refractivity contribution >= 4 is 23.2 Å². The number of halogens is 2. The minimum Gasteiger partial charge on any atom is -0.295 e. The van der Waals surface area contributed by atoms with Crippen molar-refractivity contribution in [3.63, 3.8) is 0 Å². The second kappa shape index (κ2) is 6.87. The van der Waals surface area contributed by atoms with Crippen molar-refractivity contribution in [1.29, 1.82) is 0 Å². The molecule has 4 nitrogen and oxygen atoms in total. The Morgan fingerprint density at radius 2 is 1.72 bits per heavy atom. The standard InChI is InChI=1S/C23H15ClFN3O/c24-16-11-9-14(10-12-16)20-19-21(27-26-20)23(29)28(18-7-2-1-3-8-18)22(19)15-5-4-6-17(25)13-15/h1-13,22H,(H,26,27)/t22-/m0/s1. The summed E-state index contributed by atoms with van der Waals surface area (Å²) < 4.78 is 14.1. The van der Waals surface area contributed by atoms with Gasteiger partial charge in [-0.15, -0.1) is 0 Å². The number of para-hydroxylation sites is 1. The van der Waals surface area contributed by atoms with Crippen molar-refractivity contribution in [3.05, 3.63) is 107 Å². The number of carbonyl (C=O) groups excluding carboxylic acids is 1. The van der Waals surface area contributed by atoms with Gasteiger partial charge in [0.25, 0.3) is 5.91 Å². The Morgan fingerprint density at radius 1 is 0.966 bits per heavy atom. The molecule has 3 aromatic carbocycles. The van der Waals surface area contributed by atoms with Gasteiger partial charge in [-0.3, -0.25) is 14.8 Å². The first kappa shape index (κ1) is 17.6. The van der Waals surface area contributed by atoms with E-state index in [0.717, 1.165) is 16.8 Å². The molecule has 0 spiro atoms. The smallest absolute Gasteiger partial charge is 0.277 e. The van der Waals surface area contributed by atoms with Crippen LogP contribution >= 0.6 is 11.6 Å². The number of hydrogen-bond donors (Lipinski definition) is 1. The predicted molar refractivity (Wildman–Crippen MR) is 111 cm³/mol. The number of benzene rings is 3. The number of amides is 1. The van der Waals surface area contributed by atoms with Gasteiger partial charge in [0.15, 0.2) is 0 Å². The molecule has 1 aromatic heterocycles. The third-order valence-electron chi connectivity index (χ3n) is 5.08. The van der Waals surface area contributed by atoms with E-state index in [2.05, 4.69) is 10.2 Å². The van der Waals surface area contributed by atoms with Crippen LogP contribution in [-0.4, -0.2) is 16.1 Å². The summed E-state index contributed by atoms with van der Waals surface area (Å²) in [5.74, 6) is -0.555. The molecule has 1 amide bonds. The molecule has 29 heavy (non-hydrogen) atoms. The number of aromatic nitrogens is 2. The average molecular weight is 404 g/mol. The summed E-state index contributed by atoms with van der Waals surface area (Å²) in [6.45, 7) is 0. The highest BCUT2D eigenvalue weighted by Gasteiger charge is 2.43. The molecule has 0 saturated heterocycles. The van der Waals surface area contributed by atoms with E-state index >= 15 is 0 Å². The highest BCUT2D eigenvalue weighted by Crippen LogP contribution is 2.45. The Hall–Kier alpha value is -3.44. The number of fused-ring (bicyclic) bond motifs is 1. The molecule has 5 rings (SSSR count). The Morgan fingerprint density at radius 3 is 2.45 bits per heavy atom. The molecule has 1 aliphatic heterocycles. The van der Waals surface area contributed by atoms with Crippen LogP contribution in [0.3, 0.4) is 0 Å². The number of aromatic amines is 1. The van der Waals surface area contributed by atoms with E-state index in [1.165, 1.54) is 12.1 Å². The fourth-order valence-corrected chi connectivity index (χ4v) is 3.95. The first-order valence-corrected chi connectivity index (χ1v) is 9.49. The van der Waals surface area contributed by atoms with Gasteiger partial charge < -0.3 is 0 Å². The molecule has 0 radical (unpaired) electrons. The summed E-state index contributed by atoms with van der Waals surface area (Å²) in [5.41, 5.74) is 4.03. The van der Waals surface area contributed by atoms with E-state index in [0.29, 0.717) is 22.0 Å². The minimum absolute atomic E-state index is 0.201. The first-order chi connectivity index (χ1) is 14.1. The average Bonchev–Trinajstić information content (AvgIpc) is 3.28. The molecule has 0 saturated carbocycles. The van der Waals surface area contributed by atoms with E-state index in [-0.39, 0.29) is 11.7 Å². The van der Waals surface area contributed by atoms with Crippen LogP contribution in [0.4, 0.5) is 10.1 Å². The largest absolute Gasteiger partial charge is 0.295 e. The highest BCUT2D eigenvalue weighted by molar-refractivity contribution is 6.30. The molecule has 1 N–H and O–H groups in total. The SMILES string of the molecule is O=C1c2[nH]nc(-c3ccc(Cl)cc3)c2[C@H](c2cccc(F)c2)N1c1ccccc1. The number of rotatable bonds is 3. The zero-order chi connectivity index (χ0) is 20.0. The van der Waals surface area contributed by atoms with Crippen molar-refractivity contribution in [2.24, 2.45) is 0 Å². The second-order valence-electron chi connectivity index (χ2n) is 6.84. The molecule has 2 heterocycles. The lowest BCUT2D eigenvalue weighted by Crippen LogP contribution is -2.29. The first-order valence-electron chi connectivity index (χ1n) is 9.12. The van der Waals surface area contributed by atoms with Crippen molar-refractivity contribution in [3.8, 4) is 11.3 Å². The molecule has 4 aromatic rings. The van der Waals surface area contributed by atoms with Crippen LogP contribution in [0.2, 0.25) is 5.02 Å². The van der Waals surface area contributed by atoms with Gasteiger partial charge in [-0.2, -0.15) is 5.10 Å². The van der Waals surface area contributed by atoms with Crippen LogP contribution in [0.5, 0.6) is 0 Å². The van der Waals surface area contributed by atoms with E-state index in [1.807, 2.05) is 48.5 Å². The monoisotopic (exact) mass is 403 g/mol. The van der Waals surface area contributed by atoms with Crippen LogP contribution in [-0.2, 0) is 0 Å². The fraction of sp³-hybridized carbons (Fsp3) is 0.0435. The lowest BCUT2D eigenvalue weighted by atomic mass is 9.96. The summed E-state index contributed by atoms with van der Waals surface area (Å²) in [6, 6.07) is 22.5. The van der Waals surface area contributed by atoms with Crippen LogP contribution in [0.25, 0.3) is 11.3 Å². The number of nitrogens with one attached hydrogen (secondary N) is 1. The maximum Gasteiger partial charge on any atom is 0.277 e. The van der Waals surface area contributed by atoms with Gasteiger partial charge in [-0.1, -0.05) is 54.1 Å². The quantitative estimate of drug-likeness (QED) is 0.482. The van der Waals surface area contributed by atoms with Gasteiger partial charge in [0.1, 0.15) is 11.5 Å². The molecule has 0 unspecified atom stereocenters. The van der Waals surface area contributed by atoms with Gasteiger partial charge in [-0.05, 0) is 42.0 Å². The van der Waals surface area contributed by atoms with Crippen LogP contribution < -0.4 is 4.90 Å². The molecule has 0 aliphatic carbocycles. The number of hydrogen-bond acceptors (Lipinski definition) is 2. The molecule has 6 heteroatoms. The zero-order valence-corrected chi connectivity index (χ0v) is 15.9. The van der Waals surface area contributed by atoms with E-state index in [1.54, 1.807) is 23.1 Å². The summed E-state index contributed by atoms with van der Waals surface area (Å²) in [4.78, 5) is 15.0. The number of anilines is 1. The highest BCUT2D eigenvalue weighted by atomic mass is 35.5. The Labute approximate surface area is 171 Å². The molecule has 142 valence electrons. The fourth-order valence-electron chi connectivity index (χ4n) is 3.82. The third kappa shape index (κ3) is 2.91. The van der Waals surface area contributed by atoms with Crippen LogP contribution in [0.15, 0.2) is 78.9 Å². The predicted octanol–water partition coefficient (Wildman–Crippen LogP) is 5.62. The number of nitrogens with zero attached hydrogens (tertiary/aromatic N) is 2. The van der Waals surface area contributed by atoms with Crippen molar-refractivity contribution in [2.45, 2.75) is 6.04 Å². The van der Waals surface area contributed by atoms with Crippen LogP contribution in [0, 0.1) is 5.82 Å². The van der Waals surface area contributed by atoms with Gasteiger partial charge in [0.2, 0.25) is 0 Å². The summed E-state index contributed by atoms with van der Waals surface area (Å²) >= 11 is 6.03. The normalized spacial score (nSPS) is 15.6. The molecule has 1 aliphatic rings. The maximum atomic E-state index is 14.1. The minimum atomic E-state index is -0.500. The Balaban J connectivity index is 1.74. The molecule has 0 fully saturated rings. The Bertz CT molecular complexity index is 1200. The van der Waals surface area contributed by atoms with Gasteiger partial charge in [0, 0.05) is 21.8 Å². The number of carbonyl (C=O) groups is 1. The van der Waals surface area contributed by atoms with E-state index < -0.39 is 6.04 Å². The lowest BCUT2D eigenvalue weighted by Gasteiger charge is -2.26. The van der Waals surface area contributed by atoms with Gasteiger partial charge in [-0.25, -0.2) is 4.39 Å². The summed E-state index contributed by atoms with van der Waals surface area (Å²) in [5, 5.41) is 7.92. The lowest BCUT2D eigenvalue weighted by molar-refractivity contribution is 0.0988. The maximum absolute atomic E-state index is 14.1. The second-order valence-corrected chi connectivity index (χ2v) is 7.27. The topological polar surface area (TPSA) is 49.0 Å². The molecular weight excluding hydrogens is 389 g/mol. The third-order valence-corrected chi connectivity index (χ3v) is 5.34. The van der Waals surface area contributed by atoms with Crippen molar-refractivity contribution in [2.75, 3.05) is 4.90 Å². The Kier molecular flexibility index (Phi) is 4.18. The van der Waals surface area contributed by atoms with Crippen molar-refractivity contribution in [1.82, 2.24) is 10.2 Å². The molecule has 0 bridgehead atoms. The van der Waals surface area contributed by atoms with E-state index in [4.69, 9.17) is 11.6 Å². The van der Waals surface area contributed by atoms with Crippen molar-refractivity contribution < 1.29 is 9.18 Å². The summed E-state index contributed by atoms with van der Waals surface area (Å²) in [7, 11) is 0. The van der Waals surface area contributed by atoms with E-state index in [9.17, 15) is 9.18 Å². The summed E-state index contributed by atoms with van der Waals surface area (Å²) in [6.07, 6.45) is 0. The number of H-pyrrole nitrogens is 1.